The first-order valence-corrected chi connectivity index (χ1v) is 9.87. The van der Waals surface area contributed by atoms with Crippen molar-refractivity contribution in [1.82, 2.24) is 9.88 Å². The van der Waals surface area contributed by atoms with E-state index in [0.29, 0.717) is 38.6 Å². The van der Waals surface area contributed by atoms with Gasteiger partial charge in [-0.05, 0) is 35.7 Å². The zero-order valence-electron chi connectivity index (χ0n) is 15.8. The van der Waals surface area contributed by atoms with Crippen LogP contribution in [-0.2, 0) is 27.3 Å². The summed E-state index contributed by atoms with van der Waals surface area (Å²) >= 11 is 0. The SMILES string of the molecule is O=C([C@@H]1Cc2ccccc2O1)N1CC2(C1)OCC[C@@H]2COCc1ccncc1. The van der Waals surface area contributed by atoms with Crippen molar-refractivity contribution in [1.29, 1.82) is 0 Å². The summed E-state index contributed by atoms with van der Waals surface area (Å²) < 4.78 is 17.9. The molecule has 0 bridgehead atoms. The normalized spacial score (nSPS) is 24.6. The summed E-state index contributed by atoms with van der Waals surface area (Å²) in [5.74, 6) is 1.21. The van der Waals surface area contributed by atoms with Gasteiger partial charge in [-0.25, -0.2) is 0 Å². The van der Waals surface area contributed by atoms with Crippen molar-refractivity contribution >= 4 is 5.91 Å². The Morgan fingerprint density at radius 2 is 2.04 bits per heavy atom. The van der Waals surface area contributed by atoms with E-state index in [2.05, 4.69) is 4.98 Å². The van der Waals surface area contributed by atoms with Crippen molar-refractivity contribution in [2.75, 3.05) is 26.3 Å². The summed E-state index contributed by atoms with van der Waals surface area (Å²) in [6.07, 6.45) is 4.77. The molecule has 2 saturated heterocycles. The van der Waals surface area contributed by atoms with E-state index in [9.17, 15) is 4.79 Å². The Kier molecular flexibility index (Phi) is 4.53. The lowest BCUT2D eigenvalue weighted by Gasteiger charge is -2.50. The molecule has 6 nitrogen and oxygen atoms in total. The van der Waals surface area contributed by atoms with Gasteiger partial charge in [0.15, 0.2) is 6.10 Å². The lowest BCUT2D eigenvalue weighted by Crippen LogP contribution is -2.68. The van der Waals surface area contributed by atoms with Gasteiger partial charge in [-0.3, -0.25) is 9.78 Å². The quantitative estimate of drug-likeness (QED) is 0.796. The van der Waals surface area contributed by atoms with Gasteiger partial charge >= 0.3 is 0 Å². The fourth-order valence-electron chi connectivity index (χ4n) is 4.45. The number of carbonyl (C=O) groups is 1. The van der Waals surface area contributed by atoms with E-state index in [1.165, 1.54) is 0 Å². The van der Waals surface area contributed by atoms with Gasteiger partial charge in [-0.2, -0.15) is 0 Å². The van der Waals surface area contributed by atoms with Gasteiger partial charge in [-0.15, -0.1) is 0 Å². The average Bonchev–Trinajstić information content (AvgIpc) is 3.31. The third-order valence-corrected chi connectivity index (χ3v) is 6.09. The molecule has 28 heavy (non-hydrogen) atoms. The van der Waals surface area contributed by atoms with Crippen LogP contribution >= 0.6 is 0 Å². The van der Waals surface area contributed by atoms with Gasteiger partial charge in [0.1, 0.15) is 11.4 Å². The minimum absolute atomic E-state index is 0.0637. The molecule has 5 rings (SSSR count). The Morgan fingerprint density at radius 3 is 2.86 bits per heavy atom. The Bertz CT molecular complexity index is 826. The van der Waals surface area contributed by atoms with E-state index in [-0.39, 0.29) is 11.5 Å². The number of rotatable bonds is 5. The number of likely N-dealkylation sites (tertiary alicyclic amines) is 1. The maximum Gasteiger partial charge on any atom is 0.264 e. The Labute approximate surface area is 164 Å². The number of carbonyl (C=O) groups excluding carboxylic acids is 1. The molecule has 0 aliphatic carbocycles. The monoisotopic (exact) mass is 380 g/mol. The number of hydrogen-bond donors (Lipinski definition) is 0. The molecule has 3 aliphatic rings. The third-order valence-electron chi connectivity index (χ3n) is 6.09. The maximum atomic E-state index is 12.9. The number of benzene rings is 1. The molecule has 0 saturated carbocycles. The second kappa shape index (κ2) is 7.18. The number of ether oxygens (including phenoxy) is 3. The average molecular weight is 380 g/mol. The number of aromatic nitrogens is 1. The Balaban J connectivity index is 1.14. The van der Waals surface area contributed by atoms with Crippen molar-refractivity contribution in [2.24, 2.45) is 5.92 Å². The van der Waals surface area contributed by atoms with Crippen molar-refractivity contribution in [3.8, 4) is 5.75 Å². The number of para-hydroxylation sites is 1. The molecular weight excluding hydrogens is 356 g/mol. The number of pyridine rings is 1. The minimum Gasteiger partial charge on any atom is -0.480 e. The van der Waals surface area contributed by atoms with Crippen LogP contribution in [-0.4, -0.2) is 53.8 Å². The molecule has 3 aliphatic heterocycles. The highest BCUT2D eigenvalue weighted by atomic mass is 16.5. The van der Waals surface area contributed by atoms with E-state index >= 15 is 0 Å². The van der Waals surface area contributed by atoms with Crippen LogP contribution < -0.4 is 4.74 Å². The first kappa shape index (κ1) is 17.6. The summed E-state index contributed by atoms with van der Waals surface area (Å²) in [5.41, 5.74) is 1.97. The molecule has 6 heteroatoms. The third kappa shape index (κ3) is 3.16. The number of hydrogen-bond acceptors (Lipinski definition) is 5. The molecule has 2 aromatic rings. The highest BCUT2D eigenvalue weighted by molar-refractivity contribution is 5.83. The Hall–Kier alpha value is -2.44. The highest BCUT2D eigenvalue weighted by Gasteiger charge is 2.55. The standard InChI is InChI=1S/C22H24N2O4/c25-21(20-11-17-3-1-2-4-19(17)28-20)24-14-22(15-24)18(7-10-27-22)13-26-12-16-5-8-23-9-6-16/h1-6,8-9,18,20H,7,10-15H2/t18-,20+/m1/s1. The molecule has 1 spiro atoms. The summed E-state index contributed by atoms with van der Waals surface area (Å²) in [4.78, 5) is 18.7. The molecule has 2 atom stereocenters. The molecule has 0 unspecified atom stereocenters. The van der Waals surface area contributed by atoms with Crippen LogP contribution in [0.25, 0.3) is 0 Å². The van der Waals surface area contributed by atoms with Crippen LogP contribution in [0, 0.1) is 5.92 Å². The van der Waals surface area contributed by atoms with Gasteiger partial charge < -0.3 is 19.1 Å². The van der Waals surface area contributed by atoms with Gasteiger partial charge in [0.05, 0.1) is 26.3 Å². The van der Waals surface area contributed by atoms with E-state index < -0.39 is 6.10 Å². The molecule has 0 N–H and O–H groups in total. The maximum absolute atomic E-state index is 12.9. The van der Waals surface area contributed by atoms with Gasteiger partial charge in [0.2, 0.25) is 0 Å². The largest absolute Gasteiger partial charge is 0.480 e. The smallest absolute Gasteiger partial charge is 0.264 e. The van der Waals surface area contributed by atoms with Crippen LogP contribution in [0.5, 0.6) is 5.75 Å². The zero-order valence-corrected chi connectivity index (χ0v) is 15.8. The predicted octanol–water partition coefficient (Wildman–Crippen LogP) is 2.22. The van der Waals surface area contributed by atoms with Gasteiger partial charge in [-0.1, -0.05) is 18.2 Å². The topological polar surface area (TPSA) is 60.9 Å². The molecule has 1 amide bonds. The van der Waals surface area contributed by atoms with E-state index in [0.717, 1.165) is 29.9 Å². The highest BCUT2D eigenvalue weighted by Crippen LogP contribution is 2.41. The van der Waals surface area contributed by atoms with Crippen LogP contribution in [0.4, 0.5) is 0 Å². The van der Waals surface area contributed by atoms with E-state index in [1.807, 2.05) is 41.3 Å². The van der Waals surface area contributed by atoms with Crippen LogP contribution in [0.2, 0.25) is 0 Å². The Morgan fingerprint density at radius 1 is 1.21 bits per heavy atom. The molecule has 0 radical (unpaired) electrons. The van der Waals surface area contributed by atoms with Crippen LogP contribution in [0.15, 0.2) is 48.8 Å². The predicted molar refractivity (Wildman–Crippen MR) is 102 cm³/mol. The summed E-state index contributed by atoms with van der Waals surface area (Å²) in [6, 6.07) is 11.8. The van der Waals surface area contributed by atoms with Crippen molar-refractivity contribution < 1.29 is 19.0 Å². The summed E-state index contributed by atoms with van der Waals surface area (Å²) in [7, 11) is 0. The van der Waals surface area contributed by atoms with E-state index in [4.69, 9.17) is 14.2 Å². The minimum atomic E-state index is -0.405. The number of amides is 1. The second-order valence-corrected chi connectivity index (χ2v) is 7.88. The number of fused-ring (bicyclic) bond motifs is 1. The second-order valence-electron chi connectivity index (χ2n) is 7.88. The van der Waals surface area contributed by atoms with Crippen molar-refractivity contribution in [2.45, 2.75) is 31.2 Å². The molecular formula is C22H24N2O4. The van der Waals surface area contributed by atoms with Crippen molar-refractivity contribution in [3.63, 3.8) is 0 Å². The van der Waals surface area contributed by atoms with Gasteiger partial charge in [0.25, 0.3) is 5.91 Å². The van der Waals surface area contributed by atoms with Crippen LogP contribution in [0.3, 0.4) is 0 Å². The van der Waals surface area contributed by atoms with Crippen molar-refractivity contribution in [3.05, 3.63) is 59.9 Å². The zero-order chi connectivity index (χ0) is 19.0. The molecule has 4 heterocycles. The van der Waals surface area contributed by atoms with Crippen LogP contribution in [0.1, 0.15) is 17.5 Å². The summed E-state index contributed by atoms with van der Waals surface area (Å²) in [6.45, 7) is 3.22. The van der Waals surface area contributed by atoms with Gasteiger partial charge in [0, 0.05) is 31.3 Å². The molecule has 2 fully saturated rings. The molecule has 146 valence electrons. The number of nitrogens with zero attached hydrogens (tertiary/aromatic N) is 2. The lowest BCUT2D eigenvalue weighted by molar-refractivity contribution is -0.174. The fourth-order valence-corrected chi connectivity index (χ4v) is 4.45. The lowest BCUT2D eigenvalue weighted by atomic mass is 9.81. The van der Waals surface area contributed by atoms with E-state index in [1.54, 1.807) is 12.4 Å². The first-order valence-electron chi connectivity index (χ1n) is 9.87. The summed E-state index contributed by atoms with van der Waals surface area (Å²) in [5, 5.41) is 0. The molecule has 1 aromatic heterocycles. The first-order chi connectivity index (χ1) is 13.7. The molecule has 1 aromatic carbocycles. The fraction of sp³-hybridized carbons (Fsp3) is 0.455.